The third-order valence-electron chi connectivity index (χ3n) is 2.52. The van der Waals surface area contributed by atoms with Crippen molar-refractivity contribution in [1.82, 2.24) is 9.71 Å². The predicted molar refractivity (Wildman–Crippen MR) is 77.1 cm³/mol. The molecule has 0 aliphatic carbocycles. The Bertz CT molecular complexity index is 752. The highest BCUT2D eigenvalue weighted by Gasteiger charge is 2.14. The minimum Gasteiger partial charge on any atom is -0.244 e. The molecule has 5 nitrogen and oxygen atoms in total. The van der Waals surface area contributed by atoms with Crippen molar-refractivity contribution in [3.63, 3.8) is 0 Å². The molecule has 0 aliphatic heterocycles. The number of halogens is 1. The molecule has 0 radical (unpaired) electrons. The van der Waals surface area contributed by atoms with Gasteiger partial charge in [0.15, 0.2) is 0 Å². The summed E-state index contributed by atoms with van der Waals surface area (Å²) in [5, 5.41) is 8.63. The van der Waals surface area contributed by atoms with E-state index in [-0.39, 0.29) is 17.1 Å². The summed E-state index contributed by atoms with van der Waals surface area (Å²) in [6.45, 7) is 0.182. The zero-order chi connectivity index (χ0) is 14.6. The van der Waals surface area contributed by atoms with Crippen molar-refractivity contribution in [3.8, 4) is 6.07 Å². The molecule has 0 spiro atoms. The number of benzene rings is 1. The fraction of sp³-hybridized carbons (Fsp3) is 0.0769. The fourth-order valence-corrected chi connectivity index (χ4v) is 2.92. The van der Waals surface area contributed by atoms with Crippen LogP contribution in [0.4, 0.5) is 0 Å². The molecule has 0 saturated carbocycles. The fourth-order valence-electron chi connectivity index (χ4n) is 1.51. The largest absolute Gasteiger partial charge is 0.244 e. The molecular weight excluding hydrogens is 342 g/mol. The van der Waals surface area contributed by atoms with E-state index in [1.807, 2.05) is 30.3 Å². The van der Waals surface area contributed by atoms with Crippen LogP contribution in [-0.4, -0.2) is 13.4 Å². The average molecular weight is 352 g/mol. The van der Waals surface area contributed by atoms with Gasteiger partial charge in [0.2, 0.25) is 10.0 Å². The molecule has 0 unspecified atom stereocenters. The molecule has 7 heteroatoms. The number of hydrogen-bond donors (Lipinski definition) is 1. The smallest absolute Gasteiger partial charge is 0.242 e. The van der Waals surface area contributed by atoms with E-state index in [4.69, 9.17) is 5.26 Å². The van der Waals surface area contributed by atoms with Gasteiger partial charge in [0, 0.05) is 17.2 Å². The number of nitrogens with one attached hydrogen (secondary N) is 1. The summed E-state index contributed by atoms with van der Waals surface area (Å²) in [6, 6.07) is 11.9. The zero-order valence-electron chi connectivity index (χ0n) is 10.2. The minimum absolute atomic E-state index is 0.0338. The van der Waals surface area contributed by atoms with Crippen molar-refractivity contribution in [2.45, 2.75) is 11.4 Å². The van der Waals surface area contributed by atoms with Gasteiger partial charge in [-0.25, -0.2) is 18.1 Å². The van der Waals surface area contributed by atoms with E-state index in [2.05, 4.69) is 25.6 Å². The second kappa shape index (κ2) is 6.13. The number of hydrogen-bond acceptors (Lipinski definition) is 4. The number of nitrogens with zero attached hydrogens (tertiary/aromatic N) is 2. The first-order valence-electron chi connectivity index (χ1n) is 5.61. The Hall–Kier alpha value is -1.75. The van der Waals surface area contributed by atoms with Crippen molar-refractivity contribution < 1.29 is 8.42 Å². The normalized spacial score (nSPS) is 11.0. The third-order valence-corrected chi connectivity index (χ3v) is 4.40. The van der Waals surface area contributed by atoms with Gasteiger partial charge in [-0.05, 0) is 29.8 Å². The van der Waals surface area contributed by atoms with Gasteiger partial charge in [-0.2, -0.15) is 5.26 Å². The summed E-state index contributed by atoms with van der Waals surface area (Å²) >= 11 is 3.33. The van der Waals surface area contributed by atoms with Crippen molar-refractivity contribution in [2.75, 3.05) is 0 Å². The molecule has 0 saturated heterocycles. The van der Waals surface area contributed by atoms with Crippen LogP contribution in [0.3, 0.4) is 0 Å². The second-order valence-corrected chi connectivity index (χ2v) is 6.63. The molecule has 1 heterocycles. The van der Waals surface area contributed by atoms with Crippen molar-refractivity contribution >= 4 is 26.0 Å². The molecule has 0 amide bonds. The minimum atomic E-state index is -3.63. The number of rotatable bonds is 4. The molecule has 0 fully saturated rings. The predicted octanol–water partition coefficient (Wildman–Crippen LogP) is 2.19. The Morgan fingerprint density at radius 2 is 2.10 bits per heavy atom. The lowest BCUT2D eigenvalue weighted by molar-refractivity contribution is 0.581. The monoisotopic (exact) mass is 351 g/mol. The van der Waals surface area contributed by atoms with Crippen LogP contribution >= 0.6 is 15.9 Å². The Kier molecular flexibility index (Phi) is 4.49. The lowest BCUT2D eigenvalue weighted by Gasteiger charge is -2.06. The molecule has 0 bridgehead atoms. The van der Waals surface area contributed by atoms with E-state index in [0.29, 0.717) is 0 Å². The summed E-state index contributed by atoms with van der Waals surface area (Å²) in [6.07, 6.45) is 1.17. The molecule has 0 aliphatic rings. The van der Waals surface area contributed by atoms with Gasteiger partial charge in [-0.3, -0.25) is 0 Å². The van der Waals surface area contributed by atoms with E-state index in [1.54, 1.807) is 0 Å². The maximum absolute atomic E-state index is 12.0. The lowest BCUT2D eigenvalue weighted by atomic mass is 10.2. The molecule has 20 heavy (non-hydrogen) atoms. The number of nitriles is 1. The van der Waals surface area contributed by atoms with Gasteiger partial charge in [0.25, 0.3) is 0 Å². The van der Waals surface area contributed by atoms with Crippen molar-refractivity contribution in [2.24, 2.45) is 0 Å². The molecule has 0 atom stereocenters. The summed E-state index contributed by atoms with van der Waals surface area (Å²) in [7, 11) is -3.63. The first kappa shape index (κ1) is 14.7. The third kappa shape index (κ3) is 3.63. The van der Waals surface area contributed by atoms with E-state index >= 15 is 0 Å². The van der Waals surface area contributed by atoms with Crippen LogP contribution in [-0.2, 0) is 16.6 Å². The Labute approximate surface area is 125 Å². The molecule has 1 aromatic heterocycles. The van der Waals surface area contributed by atoms with Crippen LogP contribution in [0, 0.1) is 11.3 Å². The second-order valence-electron chi connectivity index (χ2n) is 3.95. The van der Waals surface area contributed by atoms with E-state index in [1.165, 1.54) is 18.3 Å². The average Bonchev–Trinajstić information content (AvgIpc) is 2.45. The summed E-state index contributed by atoms with van der Waals surface area (Å²) < 4.78 is 27.5. The van der Waals surface area contributed by atoms with Gasteiger partial charge >= 0.3 is 0 Å². The Morgan fingerprint density at radius 3 is 2.70 bits per heavy atom. The van der Waals surface area contributed by atoms with Gasteiger partial charge < -0.3 is 0 Å². The number of aromatic nitrogens is 1. The highest BCUT2D eigenvalue weighted by Crippen LogP contribution is 2.13. The van der Waals surface area contributed by atoms with Crippen molar-refractivity contribution in [3.05, 3.63) is 58.3 Å². The maximum atomic E-state index is 12.0. The first-order valence-corrected chi connectivity index (χ1v) is 7.89. The zero-order valence-corrected chi connectivity index (χ0v) is 12.6. The van der Waals surface area contributed by atoms with Crippen LogP contribution in [0.5, 0.6) is 0 Å². The molecule has 2 rings (SSSR count). The van der Waals surface area contributed by atoms with Crippen LogP contribution in [0.2, 0.25) is 0 Å². The van der Waals surface area contributed by atoms with Crippen LogP contribution in [0.25, 0.3) is 0 Å². The number of pyridine rings is 1. The van der Waals surface area contributed by atoms with E-state index in [0.717, 1.165) is 10.0 Å². The van der Waals surface area contributed by atoms with Gasteiger partial charge in [0.1, 0.15) is 16.7 Å². The molecular formula is C13H10BrN3O2S. The van der Waals surface area contributed by atoms with Crippen LogP contribution in [0.15, 0.2) is 52.0 Å². The van der Waals surface area contributed by atoms with Crippen molar-refractivity contribution in [1.29, 1.82) is 5.26 Å². The SMILES string of the molecule is N#Cc1ccc(S(=O)(=O)NCc2cccc(Br)c2)cn1. The standard InChI is InChI=1S/C13H10BrN3O2S/c14-11-3-1-2-10(6-11)8-17-20(18,19)13-5-4-12(7-15)16-9-13/h1-6,9,17H,8H2. The van der Waals surface area contributed by atoms with Crippen LogP contribution in [0.1, 0.15) is 11.3 Å². The number of sulfonamides is 1. The molecule has 2 aromatic rings. The van der Waals surface area contributed by atoms with E-state index < -0.39 is 10.0 Å². The quantitative estimate of drug-likeness (QED) is 0.914. The highest BCUT2D eigenvalue weighted by molar-refractivity contribution is 9.10. The van der Waals surface area contributed by atoms with Crippen LogP contribution < -0.4 is 4.72 Å². The molecule has 102 valence electrons. The van der Waals surface area contributed by atoms with Gasteiger partial charge in [0.05, 0.1) is 0 Å². The maximum Gasteiger partial charge on any atom is 0.242 e. The summed E-state index contributed by atoms with van der Waals surface area (Å²) in [5.41, 5.74) is 1.01. The molecule has 1 N–H and O–H groups in total. The Balaban J connectivity index is 2.13. The first-order chi connectivity index (χ1) is 9.51. The summed E-state index contributed by atoms with van der Waals surface area (Å²) in [4.78, 5) is 3.78. The topological polar surface area (TPSA) is 82.8 Å². The molecule has 1 aromatic carbocycles. The summed E-state index contributed by atoms with van der Waals surface area (Å²) in [5.74, 6) is 0. The Morgan fingerprint density at radius 1 is 1.30 bits per heavy atom. The highest BCUT2D eigenvalue weighted by atomic mass is 79.9. The van der Waals surface area contributed by atoms with E-state index in [9.17, 15) is 8.42 Å². The van der Waals surface area contributed by atoms with Gasteiger partial charge in [-0.1, -0.05) is 28.1 Å². The van der Waals surface area contributed by atoms with Gasteiger partial charge in [-0.15, -0.1) is 0 Å². The lowest BCUT2D eigenvalue weighted by Crippen LogP contribution is -2.23.